The van der Waals surface area contributed by atoms with Crippen LogP contribution in [0.2, 0.25) is 0 Å². The Morgan fingerprint density at radius 2 is 1.90 bits per heavy atom. The van der Waals surface area contributed by atoms with Gasteiger partial charge in [-0.15, -0.1) is 0 Å². The molecular formula is C17H22O3. The molecule has 0 spiro atoms. The van der Waals surface area contributed by atoms with Gasteiger partial charge in [-0.2, -0.15) is 0 Å². The third-order valence-corrected chi connectivity index (χ3v) is 4.56. The molecule has 2 aliphatic carbocycles. The number of benzene rings is 1. The number of fused-ring (bicyclic) bond motifs is 2. The fourth-order valence-corrected chi connectivity index (χ4v) is 3.55. The van der Waals surface area contributed by atoms with Crippen LogP contribution in [0.5, 0.6) is 11.5 Å². The summed E-state index contributed by atoms with van der Waals surface area (Å²) in [5, 5.41) is 0. The molecule has 0 N–H and O–H groups in total. The molecule has 2 aliphatic rings. The Kier molecular flexibility index (Phi) is 3.95. The molecular weight excluding hydrogens is 252 g/mol. The molecule has 3 atom stereocenters. The van der Waals surface area contributed by atoms with E-state index in [4.69, 9.17) is 9.47 Å². The van der Waals surface area contributed by atoms with Gasteiger partial charge in [-0.25, -0.2) is 0 Å². The lowest BCUT2D eigenvalue weighted by atomic mass is 9.89. The Balaban J connectivity index is 1.56. The van der Waals surface area contributed by atoms with Crippen molar-refractivity contribution in [2.75, 3.05) is 6.61 Å². The molecule has 2 saturated carbocycles. The van der Waals surface area contributed by atoms with Crippen LogP contribution in [-0.4, -0.2) is 12.6 Å². The van der Waals surface area contributed by atoms with Gasteiger partial charge in [0, 0.05) is 0 Å². The highest BCUT2D eigenvalue weighted by molar-refractivity contribution is 5.76. The monoisotopic (exact) mass is 274 g/mol. The molecule has 108 valence electrons. The average molecular weight is 274 g/mol. The van der Waals surface area contributed by atoms with Crippen LogP contribution in [0.25, 0.3) is 0 Å². The van der Waals surface area contributed by atoms with Gasteiger partial charge in [0.1, 0.15) is 11.5 Å². The van der Waals surface area contributed by atoms with Crippen molar-refractivity contribution in [2.24, 2.45) is 17.8 Å². The van der Waals surface area contributed by atoms with Gasteiger partial charge in [0.2, 0.25) is 0 Å². The van der Waals surface area contributed by atoms with Crippen molar-refractivity contribution in [3.8, 4) is 11.5 Å². The van der Waals surface area contributed by atoms with E-state index in [2.05, 4.69) is 6.92 Å². The minimum atomic E-state index is -0.0422. The summed E-state index contributed by atoms with van der Waals surface area (Å²) < 4.78 is 11.0. The number of carbonyl (C=O) groups excluding carboxylic acids is 1. The Labute approximate surface area is 120 Å². The van der Waals surface area contributed by atoms with E-state index in [1.165, 1.54) is 19.3 Å². The van der Waals surface area contributed by atoms with Crippen molar-refractivity contribution in [1.29, 1.82) is 0 Å². The Morgan fingerprint density at radius 1 is 1.15 bits per heavy atom. The van der Waals surface area contributed by atoms with Crippen molar-refractivity contribution in [3.63, 3.8) is 0 Å². The van der Waals surface area contributed by atoms with E-state index in [9.17, 15) is 4.79 Å². The zero-order valence-electron chi connectivity index (χ0n) is 12.0. The molecule has 3 unspecified atom stereocenters. The van der Waals surface area contributed by atoms with E-state index in [1.54, 1.807) is 0 Å². The molecule has 20 heavy (non-hydrogen) atoms. The van der Waals surface area contributed by atoms with Crippen molar-refractivity contribution >= 4 is 5.97 Å². The number of esters is 1. The molecule has 0 saturated heterocycles. The first kappa shape index (κ1) is 13.5. The number of rotatable bonds is 5. The van der Waals surface area contributed by atoms with Crippen molar-refractivity contribution in [2.45, 2.75) is 39.0 Å². The van der Waals surface area contributed by atoms with E-state index in [-0.39, 0.29) is 11.9 Å². The second-order valence-corrected chi connectivity index (χ2v) is 6.02. The number of ether oxygens (including phenoxy) is 2. The SMILES string of the molecule is CCCOc1ccc(OC(=O)C2CC3CCC2C3)cc1. The van der Waals surface area contributed by atoms with Crippen LogP contribution in [0.15, 0.2) is 24.3 Å². The standard InChI is InChI=1S/C17H22O3/c1-2-9-19-14-5-7-15(8-6-14)20-17(18)16-11-12-3-4-13(16)10-12/h5-8,12-13,16H,2-4,9-11H2,1H3. The van der Waals surface area contributed by atoms with Gasteiger partial charge < -0.3 is 9.47 Å². The highest BCUT2D eigenvalue weighted by atomic mass is 16.5. The van der Waals surface area contributed by atoms with Crippen molar-refractivity contribution < 1.29 is 14.3 Å². The Hall–Kier alpha value is -1.51. The fraction of sp³-hybridized carbons (Fsp3) is 0.588. The van der Waals surface area contributed by atoms with Gasteiger partial charge in [0.15, 0.2) is 0 Å². The first-order chi connectivity index (χ1) is 9.76. The third kappa shape index (κ3) is 2.82. The van der Waals surface area contributed by atoms with Crippen LogP contribution in [0.3, 0.4) is 0 Å². The lowest BCUT2D eigenvalue weighted by Gasteiger charge is -2.19. The van der Waals surface area contributed by atoms with Crippen LogP contribution in [0.1, 0.15) is 39.0 Å². The topological polar surface area (TPSA) is 35.5 Å². The predicted octanol–water partition coefficient (Wildman–Crippen LogP) is 3.82. The number of hydrogen-bond acceptors (Lipinski definition) is 3. The molecule has 3 heteroatoms. The van der Waals surface area contributed by atoms with Gasteiger partial charge in [-0.05, 0) is 61.8 Å². The highest BCUT2D eigenvalue weighted by Gasteiger charge is 2.44. The number of carbonyl (C=O) groups is 1. The van der Waals surface area contributed by atoms with Gasteiger partial charge in [0.25, 0.3) is 0 Å². The normalized spacial score (nSPS) is 27.6. The maximum atomic E-state index is 12.2. The Bertz CT molecular complexity index is 466. The van der Waals surface area contributed by atoms with Gasteiger partial charge in [-0.3, -0.25) is 4.79 Å². The minimum Gasteiger partial charge on any atom is -0.494 e. The second kappa shape index (κ2) is 5.86. The van der Waals surface area contributed by atoms with E-state index in [0.29, 0.717) is 18.3 Å². The maximum absolute atomic E-state index is 12.2. The van der Waals surface area contributed by atoms with Crippen LogP contribution < -0.4 is 9.47 Å². The summed E-state index contributed by atoms with van der Waals surface area (Å²) in [5.41, 5.74) is 0. The summed E-state index contributed by atoms with van der Waals surface area (Å²) in [6.45, 7) is 2.79. The predicted molar refractivity (Wildman–Crippen MR) is 76.8 cm³/mol. The quantitative estimate of drug-likeness (QED) is 0.605. The van der Waals surface area contributed by atoms with Crippen molar-refractivity contribution in [1.82, 2.24) is 0 Å². The summed E-state index contributed by atoms with van der Waals surface area (Å²) in [7, 11) is 0. The summed E-state index contributed by atoms with van der Waals surface area (Å²) in [6.07, 6.45) is 5.75. The fourth-order valence-electron chi connectivity index (χ4n) is 3.55. The van der Waals surface area contributed by atoms with Crippen LogP contribution in [-0.2, 0) is 4.79 Å². The van der Waals surface area contributed by atoms with Crippen LogP contribution in [0.4, 0.5) is 0 Å². The molecule has 0 aliphatic heterocycles. The number of hydrogen-bond donors (Lipinski definition) is 0. The molecule has 0 radical (unpaired) electrons. The smallest absolute Gasteiger partial charge is 0.314 e. The van der Waals surface area contributed by atoms with E-state index >= 15 is 0 Å². The molecule has 3 nitrogen and oxygen atoms in total. The second-order valence-electron chi connectivity index (χ2n) is 6.02. The summed E-state index contributed by atoms with van der Waals surface area (Å²) >= 11 is 0. The Morgan fingerprint density at radius 3 is 2.50 bits per heavy atom. The highest BCUT2D eigenvalue weighted by Crippen LogP contribution is 2.48. The summed E-state index contributed by atoms with van der Waals surface area (Å²) in [5.74, 6) is 2.87. The molecule has 0 amide bonds. The maximum Gasteiger partial charge on any atom is 0.314 e. The zero-order chi connectivity index (χ0) is 13.9. The zero-order valence-corrected chi connectivity index (χ0v) is 12.0. The van der Waals surface area contributed by atoms with E-state index in [0.717, 1.165) is 24.5 Å². The summed E-state index contributed by atoms with van der Waals surface area (Å²) in [4.78, 5) is 12.2. The largest absolute Gasteiger partial charge is 0.494 e. The van der Waals surface area contributed by atoms with Gasteiger partial charge >= 0.3 is 5.97 Å². The average Bonchev–Trinajstić information content (AvgIpc) is 3.09. The molecule has 3 rings (SSSR count). The first-order valence-electron chi connectivity index (χ1n) is 7.71. The van der Waals surface area contributed by atoms with E-state index < -0.39 is 0 Å². The lowest BCUT2D eigenvalue weighted by molar-refractivity contribution is -0.140. The van der Waals surface area contributed by atoms with Gasteiger partial charge in [-0.1, -0.05) is 13.3 Å². The molecule has 1 aromatic carbocycles. The molecule has 2 fully saturated rings. The van der Waals surface area contributed by atoms with E-state index in [1.807, 2.05) is 24.3 Å². The molecule has 1 aromatic rings. The van der Waals surface area contributed by atoms with Gasteiger partial charge in [0.05, 0.1) is 12.5 Å². The molecule has 2 bridgehead atoms. The minimum absolute atomic E-state index is 0.0422. The van der Waals surface area contributed by atoms with Crippen molar-refractivity contribution in [3.05, 3.63) is 24.3 Å². The first-order valence-corrected chi connectivity index (χ1v) is 7.71. The van der Waals surface area contributed by atoms with Crippen LogP contribution >= 0.6 is 0 Å². The molecule has 0 aromatic heterocycles. The van der Waals surface area contributed by atoms with Crippen LogP contribution in [0, 0.1) is 17.8 Å². The lowest BCUT2D eigenvalue weighted by Crippen LogP contribution is -2.25. The summed E-state index contributed by atoms with van der Waals surface area (Å²) in [6, 6.07) is 7.35. The third-order valence-electron chi connectivity index (χ3n) is 4.56. The molecule has 0 heterocycles.